The first-order valence-electron chi connectivity index (χ1n) is 14.6. The Labute approximate surface area is 255 Å². The van der Waals surface area contributed by atoms with E-state index in [1.807, 2.05) is 74.6 Å². The Balaban J connectivity index is 1.56. The highest BCUT2D eigenvalue weighted by molar-refractivity contribution is 5.85. The molecule has 0 spiro atoms. The van der Waals surface area contributed by atoms with E-state index in [0.717, 1.165) is 16.7 Å². The molecular formula is C38H33F3N2O. The predicted octanol–water partition coefficient (Wildman–Crippen LogP) is 9.10. The Bertz CT molecular complexity index is 1800. The molecule has 0 radical (unpaired) electrons. The zero-order valence-electron chi connectivity index (χ0n) is 24.8. The number of aromatic nitrogens is 2. The number of alkyl halides is 3. The van der Waals surface area contributed by atoms with Crippen molar-refractivity contribution in [1.82, 2.24) is 9.55 Å². The minimum absolute atomic E-state index is 0.137. The van der Waals surface area contributed by atoms with Gasteiger partial charge in [-0.1, -0.05) is 123 Å². The zero-order valence-corrected chi connectivity index (χ0v) is 24.8. The molecular weight excluding hydrogens is 557 g/mol. The van der Waals surface area contributed by atoms with E-state index in [9.17, 15) is 18.3 Å². The highest BCUT2D eigenvalue weighted by Crippen LogP contribution is 2.44. The van der Waals surface area contributed by atoms with Crippen LogP contribution in [0.2, 0.25) is 0 Å². The molecule has 222 valence electrons. The summed E-state index contributed by atoms with van der Waals surface area (Å²) in [4.78, 5) is 4.84. The van der Waals surface area contributed by atoms with Gasteiger partial charge < -0.3 is 9.67 Å². The second-order valence-electron chi connectivity index (χ2n) is 11.6. The van der Waals surface area contributed by atoms with Crippen LogP contribution in [0.15, 0.2) is 134 Å². The van der Waals surface area contributed by atoms with E-state index < -0.39 is 22.9 Å². The summed E-state index contributed by atoms with van der Waals surface area (Å²) in [7, 11) is 0. The number of aliphatic hydroxyl groups is 1. The first kappa shape index (κ1) is 29.4. The molecule has 1 heterocycles. The molecule has 0 aliphatic heterocycles. The van der Waals surface area contributed by atoms with Gasteiger partial charge in [-0.3, -0.25) is 0 Å². The maximum Gasteiger partial charge on any atom is 0.416 e. The molecule has 1 atom stereocenters. The Morgan fingerprint density at radius 3 is 1.66 bits per heavy atom. The molecule has 0 amide bonds. The monoisotopic (exact) mass is 590 g/mol. The van der Waals surface area contributed by atoms with E-state index in [4.69, 9.17) is 4.98 Å². The molecule has 6 heteroatoms. The highest BCUT2D eigenvalue weighted by atomic mass is 19.4. The smallest absolute Gasteiger partial charge is 0.378 e. The van der Waals surface area contributed by atoms with Crippen LogP contribution in [0.3, 0.4) is 0 Å². The Morgan fingerprint density at radius 2 is 1.18 bits per heavy atom. The van der Waals surface area contributed by atoms with Crippen LogP contribution in [0.1, 0.15) is 52.9 Å². The molecule has 1 N–H and O–H groups in total. The molecule has 1 unspecified atom stereocenters. The lowest BCUT2D eigenvalue weighted by atomic mass is 9.76. The van der Waals surface area contributed by atoms with E-state index in [0.29, 0.717) is 22.0 Å². The van der Waals surface area contributed by atoms with Gasteiger partial charge in [0.2, 0.25) is 0 Å². The Hall–Kier alpha value is -4.68. The van der Waals surface area contributed by atoms with Gasteiger partial charge in [-0.2, -0.15) is 13.2 Å². The SMILES string of the molecule is Cc1cc2cc(C(O)(c3cn(C(c4ccccc4)(c4ccccc4)c4ccccc4)cn3)C(C)C)ccc2cc1C(F)(F)F. The van der Waals surface area contributed by atoms with Crippen LogP contribution in [-0.4, -0.2) is 14.7 Å². The van der Waals surface area contributed by atoms with Gasteiger partial charge >= 0.3 is 6.18 Å². The van der Waals surface area contributed by atoms with Crippen molar-refractivity contribution in [2.75, 3.05) is 0 Å². The molecule has 5 aromatic carbocycles. The molecule has 0 saturated heterocycles. The number of rotatable bonds is 7. The largest absolute Gasteiger partial charge is 0.416 e. The van der Waals surface area contributed by atoms with Crippen LogP contribution in [0, 0.1) is 12.8 Å². The van der Waals surface area contributed by atoms with Gasteiger partial charge in [0.1, 0.15) is 11.1 Å². The van der Waals surface area contributed by atoms with E-state index in [1.165, 1.54) is 19.1 Å². The van der Waals surface area contributed by atoms with Gasteiger partial charge in [-0.15, -0.1) is 0 Å². The molecule has 0 saturated carbocycles. The summed E-state index contributed by atoms with van der Waals surface area (Å²) in [5.41, 5.74) is 1.24. The number of hydrogen-bond acceptors (Lipinski definition) is 2. The molecule has 6 aromatic rings. The lowest BCUT2D eigenvalue weighted by Gasteiger charge is -2.37. The van der Waals surface area contributed by atoms with Gasteiger partial charge in [0.15, 0.2) is 0 Å². The third-order valence-corrected chi connectivity index (χ3v) is 8.70. The average Bonchev–Trinajstić information content (AvgIpc) is 3.52. The van der Waals surface area contributed by atoms with Gasteiger partial charge in [0, 0.05) is 6.20 Å². The topological polar surface area (TPSA) is 38.0 Å². The van der Waals surface area contributed by atoms with Gasteiger partial charge in [0.05, 0.1) is 17.6 Å². The average molecular weight is 591 g/mol. The normalized spacial score (nSPS) is 13.7. The third-order valence-electron chi connectivity index (χ3n) is 8.70. The number of aryl methyl sites for hydroxylation is 1. The van der Waals surface area contributed by atoms with Crippen LogP contribution in [0.25, 0.3) is 10.8 Å². The van der Waals surface area contributed by atoms with Gasteiger partial charge in [-0.25, -0.2) is 4.98 Å². The van der Waals surface area contributed by atoms with Crippen molar-refractivity contribution in [3.05, 3.63) is 173 Å². The maximum atomic E-state index is 13.6. The molecule has 0 fully saturated rings. The van der Waals surface area contributed by atoms with Crippen molar-refractivity contribution in [1.29, 1.82) is 0 Å². The number of benzene rings is 5. The third kappa shape index (κ3) is 4.80. The summed E-state index contributed by atoms with van der Waals surface area (Å²) in [5, 5.41) is 13.6. The van der Waals surface area contributed by atoms with Gasteiger partial charge in [-0.05, 0) is 63.6 Å². The van der Waals surface area contributed by atoms with Crippen molar-refractivity contribution in [2.45, 2.75) is 38.1 Å². The van der Waals surface area contributed by atoms with Crippen molar-refractivity contribution in [3.8, 4) is 0 Å². The summed E-state index contributed by atoms with van der Waals surface area (Å²) in [6.45, 7) is 5.29. The second-order valence-corrected chi connectivity index (χ2v) is 11.6. The fourth-order valence-corrected chi connectivity index (χ4v) is 6.42. The van der Waals surface area contributed by atoms with Crippen molar-refractivity contribution >= 4 is 10.8 Å². The molecule has 1 aromatic heterocycles. The summed E-state index contributed by atoms with van der Waals surface area (Å²) in [5.74, 6) is -0.307. The lowest BCUT2D eigenvalue weighted by molar-refractivity contribution is -0.137. The lowest BCUT2D eigenvalue weighted by Crippen LogP contribution is -2.37. The highest BCUT2D eigenvalue weighted by Gasteiger charge is 2.42. The van der Waals surface area contributed by atoms with Crippen LogP contribution in [0.5, 0.6) is 0 Å². The van der Waals surface area contributed by atoms with E-state index in [-0.39, 0.29) is 11.5 Å². The molecule has 44 heavy (non-hydrogen) atoms. The van der Waals surface area contributed by atoms with Gasteiger partial charge in [0.25, 0.3) is 0 Å². The summed E-state index contributed by atoms with van der Waals surface area (Å²) in [6.07, 6.45) is -0.781. The predicted molar refractivity (Wildman–Crippen MR) is 168 cm³/mol. The minimum atomic E-state index is -4.44. The number of imidazole rings is 1. The zero-order chi connectivity index (χ0) is 31.1. The summed E-state index contributed by atoms with van der Waals surface area (Å²) < 4.78 is 42.8. The molecule has 0 bridgehead atoms. The van der Waals surface area contributed by atoms with Crippen LogP contribution in [-0.2, 0) is 17.3 Å². The standard InChI is InChI=1S/C38H33F3N2O/c1-26(2)37(44,33-20-19-28-23-34(38(39,40)41)27(3)21-29(28)22-33)35-24-43(25-42-35)36(30-13-7-4-8-14-30,31-15-9-5-10-16-31)32-17-11-6-12-18-32/h4-26,44H,1-3H3. The maximum absolute atomic E-state index is 13.6. The first-order chi connectivity index (χ1) is 21.1. The van der Waals surface area contributed by atoms with Crippen molar-refractivity contribution in [2.24, 2.45) is 5.92 Å². The summed E-state index contributed by atoms with van der Waals surface area (Å²) >= 11 is 0. The van der Waals surface area contributed by atoms with Crippen molar-refractivity contribution < 1.29 is 18.3 Å². The number of halogens is 3. The molecule has 0 aliphatic carbocycles. The van der Waals surface area contributed by atoms with E-state index in [2.05, 4.69) is 41.0 Å². The number of nitrogens with zero attached hydrogens (tertiary/aromatic N) is 2. The molecule has 6 rings (SSSR count). The van der Waals surface area contributed by atoms with Crippen LogP contribution >= 0.6 is 0 Å². The second kappa shape index (κ2) is 11.1. The van der Waals surface area contributed by atoms with Crippen molar-refractivity contribution in [3.63, 3.8) is 0 Å². The van der Waals surface area contributed by atoms with E-state index >= 15 is 0 Å². The fraction of sp³-hybridized carbons (Fsp3) is 0.184. The Kier molecular flexibility index (Phi) is 7.42. The molecule has 0 aliphatic rings. The van der Waals surface area contributed by atoms with Crippen LogP contribution in [0.4, 0.5) is 13.2 Å². The molecule has 3 nitrogen and oxygen atoms in total. The van der Waals surface area contributed by atoms with E-state index in [1.54, 1.807) is 24.5 Å². The minimum Gasteiger partial charge on any atom is -0.378 e. The Morgan fingerprint density at radius 1 is 0.659 bits per heavy atom. The quantitative estimate of drug-likeness (QED) is 0.188. The number of fused-ring (bicyclic) bond motifs is 1. The number of hydrogen-bond donors (Lipinski definition) is 1. The van der Waals surface area contributed by atoms with Crippen LogP contribution < -0.4 is 0 Å². The summed E-state index contributed by atoms with van der Waals surface area (Å²) in [6, 6.07) is 38.4. The fourth-order valence-electron chi connectivity index (χ4n) is 6.42. The first-order valence-corrected chi connectivity index (χ1v) is 14.6.